The predicted molar refractivity (Wildman–Crippen MR) is 77.1 cm³/mol. The van der Waals surface area contributed by atoms with Gasteiger partial charge in [0.15, 0.2) is 0 Å². The minimum Gasteiger partial charge on any atom is -0.444 e. The minimum atomic E-state index is -0.510. The highest BCUT2D eigenvalue weighted by Gasteiger charge is 2.21. The summed E-state index contributed by atoms with van der Waals surface area (Å²) in [4.78, 5) is 11.8. The Balaban J connectivity index is 2.87. The van der Waals surface area contributed by atoms with Gasteiger partial charge < -0.3 is 15.8 Å². The molecule has 0 aliphatic rings. The molecule has 1 aromatic carbocycles. The Bertz CT molecular complexity index is 430. The molecule has 4 nitrogen and oxygen atoms in total. The van der Waals surface area contributed by atoms with Crippen molar-refractivity contribution in [2.24, 2.45) is 5.73 Å². The maximum absolute atomic E-state index is 11.8. The van der Waals surface area contributed by atoms with E-state index in [0.717, 1.165) is 16.7 Å². The smallest absolute Gasteiger partial charge is 0.408 e. The standard InChI is InChI=1S/C15H24N2O2/c1-10-7-6-8-11(2)13(10)12(9-16)17-14(18)19-15(3,4)5/h6-8,12H,9,16H2,1-5H3,(H,17,18). The molecule has 1 unspecified atom stereocenters. The van der Waals surface area contributed by atoms with Crippen molar-refractivity contribution in [1.29, 1.82) is 0 Å². The van der Waals surface area contributed by atoms with E-state index in [2.05, 4.69) is 5.32 Å². The van der Waals surface area contributed by atoms with Crippen LogP contribution in [-0.2, 0) is 4.74 Å². The summed E-state index contributed by atoms with van der Waals surface area (Å²) < 4.78 is 5.27. The summed E-state index contributed by atoms with van der Waals surface area (Å²) in [7, 11) is 0. The molecule has 0 aromatic heterocycles. The van der Waals surface area contributed by atoms with Crippen LogP contribution in [-0.4, -0.2) is 18.2 Å². The molecule has 4 heteroatoms. The van der Waals surface area contributed by atoms with Gasteiger partial charge in [0.25, 0.3) is 0 Å². The maximum Gasteiger partial charge on any atom is 0.408 e. The average molecular weight is 264 g/mol. The number of nitrogens with two attached hydrogens (primary N) is 1. The number of carbonyl (C=O) groups excluding carboxylic acids is 1. The van der Waals surface area contributed by atoms with Crippen LogP contribution in [0.15, 0.2) is 18.2 Å². The molecule has 19 heavy (non-hydrogen) atoms. The molecule has 0 saturated carbocycles. The second-order valence-corrected chi connectivity index (χ2v) is 5.74. The van der Waals surface area contributed by atoms with Gasteiger partial charge in [0.1, 0.15) is 5.60 Å². The molecule has 106 valence electrons. The number of nitrogens with one attached hydrogen (secondary N) is 1. The van der Waals surface area contributed by atoms with Crippen molar-refractivity contribution in [1.82, 2.24) is 5.32 Å². The molecule has 0 radical (unpaired) electrons. The molecule has 0 fully saturated rings. The topological polar surface area (TPSA) is 64.3 Å². The van der Waals surface area contributed by atoms with E-state index in [1.807, 2.05) is 52.8 Å². The maximum atomic E-state index is 11.8. The molecule has 1 rings (SSSR count). The monoisotopic (exact) mass is 264 g/mol. The molecule has 0 aliphatic carbocycles. The lowest BCUT2D eigenvalue weighted by molar-refractivity contribution is 0.0505. The largest absolute Gasteiger partial charge is 0.444 e. The zero-order chi connectivity index (χ0) is 14.6. The Morgan fingerprint density at radius 2 is 1.84 bits per heavy atom. The first-order chi connectivity index (χ1) is 8.74. The Morgan fingerprint density at radius 3 is 2.26 bits per heavy atom. The lowest BCUT2D eigenvalue weighted by Crippen LogP contribution is -2.38. The van der Waals surface area contributed by atoms with Crippen LogP contribution in [0.1, 0.15) is 43.5 Å². The first kappa shape index (κ1) is 15.5. The molecule has 1 atom stereocenters. The lowest BCUT2D eigenvalue weighted by atomic mass is 9.96. The molecule has 0 aliphatic heterocycles. The molecule has 1 amide bonds. The zero-order valence-electron chi connectivity index (χ0n) is 12.4. The third kappa shape index (κ3) is 4.56. The van der Waals surface area contributed by atoms with Gasteiger partial charge in [0, 0.05) is 6.54 Å². The van der Waals surface area contributed by atoms with Crippen molar-refractivity contribution in [3.8, 4) is 0 Å². The van der Waals surface area contributed by atoms with Gasteiger partial charge in [-0.15, -0.1) is 0 Å². The number of hydrogen-bond donors (Lipinski definition) is 2. The number of rotatable bonds is 3. The summed E-state index contributed by atoms with van der Waals surface area (Å²) in [5.74, 6) is 0. The van der Waals surface area contributed by atoms with E-state index in [-0.39, 0.29) is 6.04 Å². The third-order valence-corrected chi connectivity index (χ3v) is 2.82. The van der Waals surface area contributed by atoms with E-state index in [0.29, 0.717) is 6.54 Å². The SMILES string of the molecule is Cc1cccc(C)c1C(CN)NC(=O)OC(C)(C)C. The summed E-state index contributed by atoms with van der Waals surface area (Å²) in [5.41, 5.74) is 8.57. The normalized spacial score (nSPS) is 12.9. The average Bonchev–Trinajstić information content (AvgIpc) is 2.24. The van der Waals surface area contributed by atoms with Gasteiger partial charge in [-0.1, -0.05) is 18.2 Å². The van der Waals surface area contributed by atoms with E-state index in [1.165, 1.54) is 0 Å². The van der Waals surface area contributed by atoms with Crippen LogP contribution in [0, 0.1) is 13.8 Å². The van der Waals surface area contributed by atoms with Crippen LogP contribution in [0.25, 0.3) is 0 Å². The zero-order valence-corrected chi connectivity index (χ0v) is 12.4. The summed E-state index contributed by atoms with van der Waals surface area (Å²) in [6.07, 6.45) is -0.439. The Labute approximate surface area is 115 Å². The number of aryl methyl sites for hydroxylation is 2. The van der Waals surface area contributed by atoms with E-state index < -0.39 is 11.7 Å². The van der Waals surface area contributed by atoms with Crippen LogP contribution < -0.4 is 11.1 Å². The van der Waals surface area contributed by atoms with Gasteiger partial charge in [-0.25, -0.2) is 4.79 Å². The molecule has 0 bridgehead atoms. The number of benzene rings is 1. The van der Waals surface area contributed by atoms with E-state index >= 15 is 0 Å². The first-order valence-corrected chi connectivity index (χ1v) is 6.50. The number of alkyl carbamates (subject to hydrolysis) is 1. The molecule has 0 saturated heterocycles. The molecule has 0 heterocycles. The predicted octanol–water partition coefficient (Wildman–Crippen LogP) is 2.83. The molecular weight excluding hydrogens is 240 g/mol. The fraction of sp³-hybridized carbons (Fsp3) is 0.533. The second-order valence-electron chi connectivity index (χ2n) is 5.74. The highest BCUT2D eigenvalue weighted by molar-refractivity contribution is 5.68. The van der Waals surface area contributed by atoms with Gasteiger partial charge in [-0.2, -0.15) is 0 Å². The van der Waals surface area contributed by atoms with Gasteiger partial charge >= 0.3 is 6.09 Å². The highest BCUT2D eigenvalue weighted by atomic mass is 16.6. The van der Waals surface area contributed by atoms with Crippen LogP contribution in [0.3, 0.4) is 0 Å². The summed E-state index contributed by atoms with van der Waals surface area (Å²) in [5, 5.41) is 2.84. The number of ether oxygens (including phenoxy) is 1. The summed E-state index contributed by atoms with van der Waals surface area (Å²) in [6.45, 7) is 9.88. The molecule has 3 N–H and O–H groups in total. The number of amides is 1. The van der Waals surface area contributed by atoms with Crippen molar-refractivity contribution in [2.75, 3.05) is 6.54 Å². The van der Waals surface area contributed by atoms with E-state index in [9.17, 15) is 4.79 Å². The van der Waals surface area contributed by atoms with Gasteiger partial charge in [-0.05, 0) is 51.3 Å². The third-order valence-electron chi connectivity index (χ3n) is 2.82. The quantitative estimate of drug-likeness (QED) is 0.882. The fourth-order valence-corrected chi connectivity index (χ4v) is 2.08. The van der Waals surface area contributed by atoms with Crippen molar-refractivity contribution in [2.45, 2.75) is 46.3 Å². The van der Waals surface area contributed by atoms with Crippen molar-refractivity contribution < 1.29 is 9.53 Å². The van der Waals surface area contributed by atoms with Gasteiger partial charge in [0.2, 0.25) is 0 Å². The van der Waals surface area contributed by atoms with E-state index in [4.69, 9.17) is 10.5 Å². The van der Waals surface area contributed by atoms with Gasteiger partial charge in [0.05, 0.1) is 6.04 Å². The fourth-order valence-electron chi connectivity index (χ4n) is 2.08. The van der Waals surface area contributed by atoms with Gasteiger partial charge in [-0.3, -0.25) is 0 Å². The summed E-state index contributed by atoms with van der Waals surface area (Å²) >= 11 is 0. The van der Waals surface area contributed by atoms with Crippen LogP contribution in [0.4, 0.5) is 4.79 Å². The van der Waals surface area contributed by atoms with Crippen molar-refractivity contribution in [3.05, 3.63) is 34.9 Å². The van der Waals surface area contributed by atoms with Crippen LogP contribution >= 0.6 is 0 Å². The second kappa shape index (κ2) is 6.06. The number of hydrogen-bond acceptors (Lipinski definition) is 3. The lowest BCUT2D eigenvalue weighted by Gasteiger charge is -2.25. The van der Waals surface area contributed by atoms with Crippen molar-refractivity contribution in [3.63, 3.8) is 0 Å². The minimum absolute atomic E-state index is 0.226. The Kier molecular flexibility index (Phi) is 4.95. The van der Waals surface area contributed by atoms with Crippen LogP contribution in [0.2, 0.25) is 0 Å². The molecule has 0 spiro atoms. The number of carbonyl (C=O) groups is 1. The van der Waals surface area contributed by atoms with Crippen LogP contribution in [0.5, 0.6) is 0 Å². The first-order valence-electron chi connectivity index (χ1n) is 6.50. The van der Waals surface area contributed by atoms with Crippen molar-refractivity contribution >= 4 is 6.09 Å². The Morgan fingerprint density at radius 1 is 1.32 bits per heavy atom. The Hall–Kier alpha value is -1.55. The van der Waals surface area contributed by atoms with E-state index in [1.54, 1.807) is 0 Å². The molecule has 1 aromatic rings. The highest BCUT2D eigenvalue weighted by Crippen LogP contribution is 2.21. The molecular formula is C15H24N2O2. The summed E-state index contributed by atoms with van der Waals surface area (Å²) in [6, 6.07) is 5.80.